The summed E-state index contributed by atoms with van der Waals surface area (Å²) >= 11 is 1.05. The van der Waals surface area contributed by atoms with Crippen molar-refractivity contribution in [3.8, 4) is 0 Å². The molecule has 1 rings (SSSR count). The normalized spacial score (nSPS) is 9.42. The highest BCUT2D eigenvalue weighted by Crippen LogP contribution is 1.93. The van der Waals surface area contributed by atoms with Gasteiger partial charge in [-0.1, -0.05) is 11.3 Å². The molecule has 6 nitrogen and oxygen atoms in total. The van der Waals surface area contributed by atoms with Gasteiger partial charge in [-0.2, -0.15) is 0 Å². The number of aromatic amines is 1. The number of carbonyl (C=O) groups is 1. The van der Waals surface area contributed by atoms with Crippen molar-refractivity contribution in [3.05, 3.63) is 20.7 Å². The first kappa shape index (κ1) is 8.75. The number of hydrogen-bond donors (Lipinski definition) is 4. The molecule has 0 fully saturated rings. The Hall–Kier alpha value is -1.34. The maximum absolute atomic E-state index is 10.6. The number of urea groups is 1. The van der Waals surface area contributed by atoms with Gasteiger partial charge < -0.3 is 10.3 Å². The average molecular weight is 188 g/mol. The van der Waals surface area contributed by atoms with Gasteiger partial charge in [0.05, 0.1) is 6.54 Å². The highest BCUT2D eigenvalue weighted by Gasteiger charge is 1.98. The molecule has 1 aromatic heterocycles. The van der Waals surface area contributed by atoms with Crippen molar-refractivity contribution >= 4 is 17.4 Å². The predicted molar refractivity (Wildman–Crippen MR) is 44.5 cm³/mol. The Morgan fingerprint density at radius 2 is 2.50 bits per heavy atom. The Morgan fingerprint density at radius 3 is 3.00 bits per heavy atom. The fourth-order valence-corrected chi connectivity index (χ4v) is 1.21. The number of hydrogen-bond acceptors (Lipinski definition) is 4. The molecule has 0 spiro atoms. The van der Waals surface area contributed by atoms with Crippen LogP contribution in [0.4, 0.5) is 4.79 Å². The van der Waals surface area contributed by atoms with Crippen molar-refractivity contribution in [1.82, 2.24) is 15.7 Å². The maximum Gasteiger partial charge on any atom is 0.329 e. The number of nitrogens with one attached hydrogen (secondary N) is 3. The molecule has 5 N–H and O–H groups in total. The van der Waals surface area contributed by atoms with Gasteiger partial charge in [0.25, 0.3) is 0 Å². The molecule has 0 radical (unpaired) electrons. The van der Waals surface area contributed by atoms with Crippen molar-refractivity contribution in [2.45, 2.75) is 6.54 Å². The summed E-state index contributed by atoms with van der Waals surface area (Å²) in [4.78, 5) is 23.6. The van der Waals surface area contributed by atoms with Crippen molar-refractivity contribution in [3.63, 3.8) is 0 Å². The summed E-state index contributed by atoms with van der Waals surface area (Å²) in [5.41, 5.74) is 2.56. The number of H-pyrrole nitrogens is 1. The largest absolute Gasteiger partial charge is 0.331 e. The minimum absolute atomic E-state index is 0.139. The van der Waals surface area contributed by atoms with Gasteiger partial charge in [0.15, 0.2) is 0 Å². The topological polar surface area (TPSA) is 100 Å². The van der Waals surface area contributed by atoms with Gasteiger partial charge in [-0.15, -0.1) is 0 Å². The van der Waals surface area contributed by atoms with Crippen LogP contribution in [-0.2, 0) is 6.54 Å². The Labute approximate surface area is 71.8 Å². The second kappa shape index (κ2) is 3.88. The van der Waals surface area contributed by atoms with E-state index in [1.807, 2.05) is 5.43 Å². The molecule has 12 heavy (non-hydrogen) atoms. The molecule has 66 valence electrons. The van der Waals surface area contributed by atoms with E-state index in [4.69, 9.17) is 5.84 Å². The Balaban J connectivity index is 2.43. The highest BCUT2D eigenvalue weighted by molar-refractivity contribution is 7.07. The van der Waals surface area contributed by atoms with Gasteiger partial charge in [0.1, 0.15) is 0 Å². The fourth-order valence-electron chi connectivity index (χ4n) is 0.627. The molecule has 2 amide bonds. The van der Waals surface area contributed by atoms with Gasteiger partial charge in [-0.25, -0.2) is 10.6 Å². The van der Waals surface area contributed by atoms with Gasteiger partial charge >= 0.3 is 10.9 Å². The summed E-state index contributed by atoms with van der Waals surface area (Å²) in [6.45, 7) is 0.266. The number of aromatic nitrogens is 1. The van der Waals surface area contributed by atoms with Gasteiger partial charge in [-0.05, 0) is 0 Å². The summed E-state index contributed by atoms with van der Waals surface area (Å²) in [5, 5.41) is 4.06. The van der Waals surface area contributed by atoms with Gasteiger partial charge in [0.2, 0.25) is 0 Å². The Bertz CT molecular complexity index is 317. The van der Waals surface area contributed by atoms with Gasteiger partial charge in [0, 0.05) is 11.1 Å². The van der Waals surface area contributed by atoms with Crippen LogP contribution in [0.25, 0.3) is 0 Å². The molecule has 1 aromatic rings. The van der Waals surface area contributed by atoms with E-state index in [0.29, 0.717) is 5.69 Å². The number of rotatable bonds is 2. The van der Waals surface area contributed by atoms with Crippen molar-refractivity contribution in [2.75, 3.05) is 0 Å². The molecular weight excluding hydrogens is 180 g/mol. The zero-order valence-electron chi connectivity index (χ0n) is 6.09. The third-order valence-corrected chi connectivity index (χ3v) is 1.86. The second-order valence-electron chi connectivity index (χ2n) is 2.00. The van der Waals surface area contributed by atoms with E-state index in [0.717, 1.165) is 11.3 Å². The fraction of sp³-hybridized carbons (Fsp3) is 0.200. The number of carbonyl (C=O) groups excluding carboxylic acids is 1. The minimum Gasteiger partial charge on any atom is -0.331 e. The summed E-state index contributed by atoms with van der Waals surface area (Å²) in [5.74, 6) is 4.81. The molecule has 0 bridgehead atoms. The number of thiazole rings is 1. The first-order chi connectivity index (χ1) is 5.72. The molecule has 0 aliphatic heterocycles. The first-order valence-electron chi connectivity index (χ1n) is 3.13. The number of amides is 2. The maximum atomic E-state index is 10.6. The van der Waals surface area contributed by atoms with E-state index in [2.05, 4.69) is 10.3 Å². The van der Waals surface area contributed by atoms with Crippen LogP contribution >= 0.6 is 11.3 Å². The zero-order chi connectivity index (χ0) is 8.97. The SMILES string of the molecule is NNC(=O)NCc1csc(=O)[nH]1. The highest BCUT2D eigenvalue weighted by atomic mass is 32.1. The van der Waals surface area contributed by atoms with E-state index < -0.39 is 6.03 Å². The average Bonchev–Trinajstić information content (AvgIpc) is 2.47. The van der Waals surface area contributed by atoms with E-state index in [9.17, 15) is 9.59 Å². The lowest BCUT2D eigenvalue weighted by molar-refractivity contribution is 0.240. The van der Waals surface area contributed by atoms with Crippen LogP contribution in [0, 0.1) is 0 Å². The van der Waals surface area contributed by atoms with Crippen molar-refractivity contribution in [1.29, 1.82) is 0 Å². The van der Waals surface area contributed by atoms with Crippen LogP contribution in [0.15, 0.2) is 10.2 Å². The smallest absolute Gasteiger partial charge is 0.329 e. The van der Waals surface area contributed by atoms with Crippen LogP contribution in [0.1, 0.15) is 5.69 Å². The van der Waals surface area contributed by atoms with E-state index in [-0.39, 0.29) is 11.4 Å². The molecule has 1 heterocycles. The zero-order valence-corrected chi connectivity index (χ0v) is 6.90. The molecule has 7 heteroatoms. The lowest BCUT2D eigenvalue weighted by Crippen LogP contribution is -2.39. The quantitative estimate of drug-likeness (QED) is 0.275. The Morgan fingerprint density at radius 1 is 1.75 bits per heavy atom. The van der Waals surface area contributed by atoms with Crippen molar-refractivity contribution < 1.29 is 4.79 Å². The second-order valence-corrected chi connectivity index (χ2v) is 2.84. The van der Waals surface area contributed by atoms with Crippen LogP contribution in [-0.4, -0.2) is 11.0 Å². The molecular formula is C5H8N4O2S. The van der Waals surface area contributed by atoms with Crippen LogP contribution in [0.5, 0.6) is 0 Å². The number of nitrogens with two attached hydrogens (primary N) is 1. The summed E-state index contributed by atoms with van der Waals surface area (Å²) in [6, 6.07) is -0.484. The summed E-state index contributed by atoms with van der Waals surface area (Å²) < 4.78 is 0. The van der Waals surface area contributed by atoms with Crippen LogP contribution in [0.3, 0.4) is 0 Å². The third kappa shape index (κ3) is 2.36. The molecule has 0 unspecified atom stereocenters. The van der Waals surface area contributed by atoms with Crippen LogP contribution < -0.4 is 21.5 Å². The first-order valence-corrected chi connectivity index (χ1v) is 4.01. The van der Waals surface area contributed by atoms with E-state index in [1.165, 1.54) is 0 Å². The standard InChI is InChI=1S/C5H8N4O2S/c6-9-4(10)7-1-3-2-12-5(11)8-3/h2H,1,6H2,(H,8,11)(H2,7,9,10). The summed E-state index contributed by atoms with van der Waals surface area (Å²) in [6.07, 6.45) is 0. The molecule has 0 saturated carbocycles. The van der Waals surface area contributed by atoms with E-state index in [1.54, 1.807) is 5.38 Å². The molecule has 0 aromatic carbocycles. The molecule has 0 atom stereocenters. The Kier molecular flexibility index (Phi) is 2.83. The third-order valence-electron chi connectivity index (χ3n) is 1.14. The lowest BCUT2D eigenvalue weighted by Gasteiger charge is -2.00. The van der Waals surface area contributed by atoms with E-state index >= 15 is 0 Å². The number of hydrazine groups is 1. The molecule has 0 aliphatic rings. The summed E-state index contributed by atoms with van der Waals surface area (Å²) in [7, 11) is 0. The molecule has 0 saturated heterocycles. The van der Waals surface area contributed by atoms with Crippen LogP contribution in [0.2, 0.25) is 0 Å². The predicted octanol–water partition coefficient (Wildman–Crippen LogP) is -0.891. The van der Waals surface area contributed by atoms with Gasteiger partial charge in [-0.3, -0.25) is 10.2 Å². The van der Waals surface area contributed by atoms with Crippen molar-refractivity contribution in [2.24, 2.45) is 5.84 Å². The monoisotopic (exact) mass is 188 g/mol. The minimum atomic E-state index is -0.484. The molecule has 0 aliphatic carbocycles. The lowest BCUT2D eigenvalue weighted by atomic mass is 10.5.